The van der Waals surface area contributed by atoms with E-state index >= 15 is 0 Å². The molecule has 81 valence electrons. The van der Waals surface area contributed by atoms with Gasteiger partial charge in [0.2, 0.25) is 0 Å². The van der Waals surface area contributed by atoms with Crippen molar-refractivity contribution in [2.24, 2.45) is 0 Å². The van der Waals surface area contributed by atoms with Crippen molar-refractivity contribution in [1.29, 1.82) is 0 Å². The first kappa shape index (κ1) is 10.6. The maximum absolute atomic E-state index is 10.7. The van der Waals surface area contributed by atoms with Gasteiger partial charge in [0.15, 0.2) is 0 Å². The number of piperidine rings is 1. The summed E-state index contributed by atoms with van der Waals surface area (Å²) in [6.07, 6.45) is 4.61. The standard InChI is InChI=1S/C11H14NO2S/c13-11(14)10-5-4-9(15-10)8-12-6-2-1-3-7-12/h1,4-5H,2-3,6-8H2,(H,13,14). The number of hydrogen-bond donors (Lipinski definition) is 1. The molecule has 0 bridgehead atoms. The second-order valence-electron chi connectivity index (χ2n) is 3.71. The number of thiophene rings is 1. The predicted molar refractivity (Wildman–Crippen MR) is 60.1 cm³/mol. The summed E-state index contributed by atoms with van der Waals surface area (Å²) in [6.45, 7) is 3.09. The van der Waals surface area contributed by atoms with Gasteiger partial charge in [-0.2, -0.15) is 0 Å². The molecular weight excluding hydrogens is 210 g/mol. The van der Waals surface area contributed by atoms with Gasteiger partial charge in [-0.05, 0) is 44.5 Å². The Labute approximate surface area is 93.3 Å². The van der Waals surface area contributed by atoms with Gasteiger partial charge in [0.1, 0.15) is 4.88 Å². The highest BCUT2D eigenvalue weighted by atomic mass is 32.1. The molecule has 2 rings (SSSR count). The van der Waals surface area contributed by atoms with Crippen molar-refractivity contribution in [3.8, 4) is 0 Å². The average molecular weight is 224 g/mol. The smallest absolute Gasteiger partial charge is 0.345 e. The van der Waals surface area contributed by atoms with Gasteiger partial charge in [0, 0.05) is 11.4 Å². The van der Waals surface area contributed by atoms with E-state index in [-0.39, 0.29) is 0 Å². The van der Waals surface area contributed by atoms with Crippen LogP contribution in [0.15, 0.2) is 12.1 Å². The normalized spacial score (nSPS) is 17.9. The summed E-state index contributed by atoms with van der Waals surface area (Å²) < 4.78 is 0. The molecular formula is C11H14NO2S. The Kier molecular flexibility index (Phi) is 3.38. The number of carbonyl (C=O) groups is 1. The third kappa shape index (κ3) is 2.79. The number of likely N-dealkylation sites (tertiary alicyclic amines) is 1. The van der Waals surface area contributed by atoms with Crippen LogP contribution in [0.3, 0.4) is 0 Å². The topological polar surface area (TPSA) is 40.5 Å². The highest BCUT2D eigenvalue weighted by Crippen LogP contribution is 2.20. The van der Waals surface area contributed by atoms with Crippen LogP contribution >= 0.6 is 11.3 Å². The Bertz CT molecular complexity index is 342. The Morgan fingerprint density at radius 2 is 2.13 bits per heavy atom. The number of carboxylic acids is 1. The lowest BCUT2D eigenvalue weighted by molar-refractivity contribution is 0.0702. The van der Waals surface area contributed by atoms with Crippen LogP contribution in [0.4, 0.5) is 0 Å². The van der Waals surface area contributed by atoms with Crippen LogP contribution < -0.4 is 0 Å². The van der Waals surface area contributed by atoms with Crippen molar-refractivity contribution in [3.63, 3.8) is 0 Å². The Morgan fingerprint density at radius 3 is 2.73 bits per heavy atom. The minimum absolute atomic E-state index is 0.438. The molecule has 0 saturated carbocycles. The van der Waals surface area contributed by atoms with Crippen molar-refractivity contribution in [2.45, 2.75) is 19.4 Å². The molecule has 3 nitrogen and oxygen atoms in total. The van der Waals surface area contributed by atoms with Gasteiger partial charge in [-0.3, -0.25) is 4.90 Å². The molecule has 1 aliphatic rings. The van der Waals surface area contributed by atoms with Crippen LogP contribution in [0.25, 0.3) is 0 Å². The maximum atomic E-state index is 10.7. The minimum Gasteiger partial charge on any atom is -0.477 e. The highest BCUT2D eigenvalue weighted by Gasteiger charge is 2.13. The first-order chi connectivity index (χ1) is 7.25. The molecule has 0 unspecified atom stereocenters. The van der Waals surface area contributed by atoms with E-state index in [0.717, 1.165) is 37.4 Å². The zero-order chi connectivity index (χ0) is 10.7. The van der Waals surface area contributed by atoms with E-state index in [1.807, 2.05) is 6.07 Å². The minimum atomic E-state index is -0.821. The molecule has 1 fully saturated rings. The van der Waals surface area contributed by atoms with E-state index in [4.69, 9.17) is 5.11 Å². The van der Waals surface area contributed by atoms with Crippen molar-refractivity contribution in [3.05, 3.63) is 28.3 Å². The molecule has 0 aliphatic carbocycles. The number of nitrogens with zero attached hydrogens (tertiary/aromatic N) is 1. The molecule has 0 amide bonds. The summed E-state index contributed by atoms with van der Waals surface area (Å²) in [5.74, 6) is -0.821. The first-order valence-electron chi connectivity index (χ1n) is 5.12. The second kappa shape index (κ2) is 4.77. The zero-order valence-electron chi connectivity index (χ0n) is 8.48. The van der Waals surface area contributed by atoms with Crippen molar-refractivity contribution in [1.82, 2.24) is 4.90 Å². The predicted octanol–water partition coefficient (Wildman–Crippen LogP) is 2.25. The van der Waals surface area contributed by atoms with Crippen molar-refractivity contribution in [2.75, 3.05) is 13.1 Å². The first-order valence-corrected chi connectivity index (χ1v) is 5.93. The van der Waals surface area contributed by atoms with E-state index in [1.54, 1.807) is 6.07 Å². The molecule has 1 radical (unpaired) electrons. The summed E-state index contributed by atoms with van der Waals surface area (Å²) in [4.78, 5) is 14.7. The average Bonchev–Trinajstić information content (AvgIpc) is 2.68. The summed E-state index contributed by atoms with van der Waals surface area (Å²) in [5, 5.41) is 8.80. The molecule has 1 N–H and O–H groups in total. The SMILES string of the molecule is O=C(O)c1ccc(CN2CC[CH]CC2)s1. The molecule has 1 aromatic heterocycles. The van der Waals surface area contributed by atoms with Crippen molar-refractivity contribution < 1.29 is 9.90 Å². The van der Waals surface area contributed by atoms with Gasteiger partial charge in [-0.15, -0.1) is 11.3 Å². The van der Waals surface area contributed by atoms with E-state index in [9.17, 15) is 4.79 Å². The Balaban J connectivity index is 1.94. The van der Waals surface area contributed by atoms with Crippen LogP contribution in [0.1, 0.15) is 27.4 Å². The molecule has 1 saturated heterocycles. The molecule has 15 heavy (non-hydrogen) atoms. The highest BCUT2D eigenvalue weighted by molar-refractivity contribution is 7.13. The van der Waals surface area contributed by atoms with E-state index in [0.29, 0.717) is 4.88 Å². The molecule has 0 spiro atoms. The lowest BCUT2D eigenvalue weighted by Crippen LogP contribution is -2.28. The van der Waals surface area contributed by atoms with Crippen LogP contribution in [0, 0.1) is 6.42 Å². The number of carboxylic acid groups (broad SMARTS) is 1. The summed E-state index contributed by atoms with van der Waals surface area (Å²) in [7, 11) is 0. The fourth-order valence-electron chi connectivity index (χ4n) is 1.76. The van der Waals surface area contributed by atoms with E-state index in [2.05, 4.69) is 11.3 Å². The van der Waals surface area contributed by atoms with Gasteiger partial charge >= 0.3 is 5.97 Å². The van der Waals surface area contributed by atoms with Gasteiger partial charge in [0.25, 0.3) is 0 Å². The number of aromatic carboxylic acids is 1. The van der Waals surface area contributed by atoms with E-state index in [1.165, 1.54) is 11.3 Å². The third-order valence-electron chi connectivity index (χ3n) is 2.55. The second-order valence-corrected chi connectivity index (χ2v) is 4.88. The quantitative estimate of drug-likeness (QED) is 0.856. The van der Waals surface area contributed by atoms with Crippen LogP contribution in [-0.4, -0.2) is 29.1 Å². The summed E-state index contributed by atoms with van der Waals surface area (Å²) in [5.41, 5.74) is 0. The van der Waals surface area contributed by atoms with Gasteiger partial charge in [0.05, 0.1) is 0 Å². The molecule has 0 atom stereocenters. The van der Waals surface area contributed by atoms with Gasteiger partial charge in [-0.25, -0.2) is 4.79 Å². The molecule has 1 aliphatic heterocycles. The summed E-state index contributed by atoms with van der Waals surface area (Å²) in [6, 6.07) is 3.62. The Hall–Kier alpha value is -0.870. The third-order valence-corrected chi connectivity index (χ3v) is 3.61. The molecule has 2 heterocycles. The fraction of sp³-hybridized carbons (Fsp3) is 0.455. The van der Waals surface area contributed by atoms with Crippen LogP contribution in [-0.2, 0) is 6.54 Å². The zero-order valence-corrected chi connectivity index (χ0v) is 9.30. The number of rotatable bonds is 3. The Morgan fingerprint density at radius 1 is 1.40 bits per heavy atom. The fourth-order valence-corrected chi connectivity index (χ4v) is 2.65. The monoisotopic (exact) mass is 224 g/mol. The molecule has 4 heteroatoms. The van der Waals surface area contributed by atoms with Crippen molar-refractivity contribution >= 4 is 17.3 Å². The molecule has 1 aromatic rings. The van der Waals surface area contributed by atoms with Crippen LogP contribution in [0.2, 0.25) is 0 Å². The van der Waals surface area contributed by atoms with E-state index < -0.39 is 5.97 Å². The lowest BCUT2D eigenvalue weighted by atomic mass is 10.1. The maximum Gasteiger partial charge on any atom is 0.345 e. The lowest BCUT2D eigenvalue weighted by Gasteiger charge is -2.25. The number of hydrogen-bond acceptors (Lipinski definition) is 3. The van der Waals surface area contributed by atoms with Gasteiger partial charge in [-0.1, -0.05) is 0 Å². The summed E-state index contributed by atoms with van der Waals surface area (Å²) >= 11 is 1.38. The molecule has 0 aromatic carbocycles. The van der Waals surface area contributed by atoms with Crippen LogP contribution in [0.5, 0.6) is 0 Å². The van der Waals surface area contributed by atoms with Gasteiger partial charge < -0.3 is 5.11 Å². The largest absolute Gasteiger partial charge is 0.477 e.